The van der Waals surface area contributed by atoms with Gasteiger partial charge in [0.05, 0.1) is 0 Å². The maximum Gasteiger partial charge on any atom is 0.0491 e. The summed E-state index contributed by atoms with van der Waals surface area (Å²) in [5.41, 5.74) is 8.05. The molecule has 1 aliphatic rings. The molecule has 1 aromatic heterocycles. The second kappa shape index (κ2) is 3.86. The number of hydrogen-bond acceptors (Lipinski definition) is 0. The minimum absolute atomic E-state index is 0.988. The fraction of sp³-hybridized carbons (Fsp3) is 0.111. The summed E-state index contributed by atoms with van der Waals surface area (Å²) in [5, 5.41) is 0. The highest BCUT2D eigenvalue weighted by atomic mass is 15.0. The Balaban J connectivity index is 1.87. The van der Waals surface area contributed by atoms with E-state index in [2.05, 4.69) is 72.2 Å². The third-order valence-electron chi connectivity index (χ3n) is 3.95. The van der Waals surface area contributed by atoms with Crippen molar-refractivity contribution in [3.8, 4) is 22.5 Å². The highest BCUT2D eigenvalue weighted by molar-refractivity contribution is 5.75. The normalized spacial score (nSPS) is 12.3. The molecular formula is C18H15N. The van der Waals surface area contributed by atoms with Crippen molar-refractivity contribution in [1.29, 1.82) is 0 Å². The largest absolute Gasteiger partial charge is 0.336 e. The van der Waals surface area contributed by atoms with Crippen molar-refractivity contribution in [3.05, 3.63) is 71.8 Å². The second-order valence-corrected chi connectivity index (χ2v) is 5.21. The Morgan fingerprint density at radius 3 is 2.37 bits per heavy atom. The van der Waals surface area contributed by atoms with Gasteiger partial charge in [-0.05, 0) is 30.2 Å². The zero-order valence-electron chi connectivity index (χ0n) is 10.9. The minimum atomic E-state index is 0.988. The van der Waals surface area contributed by atoms with Crippen molar-refractivity contribution < 1.29 is 0 Å². The van der Waals surface area contributed by atoms with Gasteiger partial charge in [-0.3, -0.25) is 0 Å². The molecule has 0 aliphatic carbocycles. The summed E-state index contributed by atoms with van der Waals surface area (Å²) in [6.07, 6.45) is 0. The fourth-order valence-electron chi connectivity index (χ4n) is 2.93. The molecule has 2 heterocycles. The van der Waals surface area contributed by atoms with E-state index in [1.54, 1.807) is 0 Å². The standard InChI is InChI=1S/C18H15N/c1-13-6-8-14(9-7-13)17-10-11-18-16-5-3-2-4-15(16)12-19(17)18/h2-11H,12H2,1H3. The van der Waals surface area contributed by atoms with Crippen LogP contribution in [0.4, 0.5) is 0 Å². The molecule has 0 amide bonds. The van der Waals surface area contributed by atoms with E-state index < -0.39 is 0 Å². The van der Waals surface area contributed by atoms with Crippen LogP contribution in [-0.2, 0) is 6.54 Å². The van der Waals surface area contributed by atoms with E-state index in [0.717, 1.165) is 6.54 Å². The average Bonchev–Trinajstić information content (AvgIpc) is 2.98. The van der Waals surface area contributed by atoms with Crippen molar-refractivity contribution in [2.24, 2.45) is 0 Å². The first-order valence-corrected chi connectivity index (χ1v) is 6.68. The smallest absolute Gasteiger partial charge is 0.0491 e. The quantitative estimate of drug-likeness (QED) is 0.465. The molecule has 92 valence electrons. The number of aromatic nitrogens is 1. The molecular weight excluding hydrogens is 230 g/mol. The first kappa shape index (κ1) is 10.6. The maximum atomic E-state index is 2.41. The van der Waals surface area contributed by atoms with Crippen LogP contribution in [0.5, 0.6) is 0 Å². The van der Waals surface area contributed by atoms with E-state index >= 15 is 0 Å². The zero-order valence-corrected chi connectivity index (χ0v) is 10.9. The Labute approximate surface area is 113 Å². The third kappa shape index (κ3) is 1.55. The van der Waals surface area contributed by atoms with Crippen molar-refractivity contribution in [2.45, 2.75) is 13.5 Å². The van der Waals surface area contributed by atoms with Gasteiger partial charge >= 0.3 is 0 Å². The molecule has 1 nitrogen and oxygen atoms in total. The Hall–Kier alpha value is -2.28. The third-order valence-corrected chi connectivity index (χ3v) is 3.95. The van der Waals surface area contributed by atoms with E-state index in [1.165, 1.54) is 33.6 Å². The molecule has 0 atom stereocenters. The van der Waals surface area contributed by atoms with Crippen LogP contribution in [0.2, 0.25) is 0 Å². The van der Waals surface area contributed by atoms with Crippen LogP contribution in [0.25, 0.3) is 22.5 Å². The first-order chi connectivity index (χ1) is 9.33. The number of benzene rings is 2. The molecule has 4 rings (SSSR count). The van der Waals surface area contributed by atoms with Crippen LogP contribution < -0.4 is 0 Å². The molecule has 0 saturated heterocycles. The first-order valence-electron chi connectivity index (χ1n) is 6.68. The van der Waals surface area contributed by atoms with Gasteiger partial charge in [-0.15, -0.1) is 0 Å². The van der Waals surface area contributed by atoms with Crippen LogP contribution in [0.3, 0.4) is 0 Å². The van der Waals surface area contributed by atoms with E-state index in [0.29, 0.717) is 0 Å². The molecule has 0 N–H and O–H groups in total. The molecule has 0 radical (unpaired) electrons. The molecule has 0 spiro atoms. The summed E-state index contributed by atoms with van der Waals surface area (Å²) in [5.74, 6) is 0. The highest BCUT2D eigenvalue weighted by Crippen LogP contribution is 2.37. The Morgan fingerprint density at radius 1 is 0.789 bits per heavy atom. The van der Waals surface area contributed by atoms with Crippen LogP contribution in [-0.4, -0.2) is 4.57 Å². The van der Waals surface area contributed by atoms with Gasteiger partial charge in [-0.25, -0.2) is 0 Å². The van der Waals surface area contributed by atoms with Gasteiger partial charge in [0.25, 0.3) is 0 Å². The molecule has 19 heavy (non-hydrogen) atoms. The summed E-state index contributed by atoms with van der Waals surface area (Å²) in [4.78, 5) is 0. The zero-order chi connectivity index (χ0) is 12.8. The summed E-state index contributed by atoms with van der Waals surface area (Å²) in [7, 11) is 0. The Bertz CT molecular complexity index is 748. The van der Waals surface area contributed by atoms with Gasteiger partial charge in [0.15, 0.2) is 0 Å². The minimum Gasteiger partial charge on any atom is -0.336 e. The molecule has 0 saturated carbocycles. The van der Waals surface area contributed by atoms with Crippen molar-refractivity contribution >= 4 is 0 Å². The van der Waals surface area contributed by atoms with Gasteiger partial charge in [0, 0.05) is 23.5 Å². The van der Waals surface area contributed by atoms with Crippen molar-refractivity contribution in [3.63, 3.8) is 0 Å². The Kier molecular flexibility index (Phi) is 2.16. The van der Waals surface area contributed by atoms with E-state index in [9.17, 15) is 0 Å². The topological polar surface area (TPSA) is 4.93 Å². The van der Waals surface area contributed by atoms with Crippen LogP contribution >= 0.6 is 0 Å². The summed E-state index contributed by atoms with van der Waals surface area (Å²) < 4.78 is 2.41. The average molecular weight is 245 g/mol. The van der Waals surface area contributed by atoms with Crippen LogP contribution in [0.1, 0.15) is 11.1 Å². The van der Waals surface area contributed by atoms with Gasteiger partial charge in [0.2, 0.25) is 0 Å². The van der Waals surface area contributed by atoms with Gasteiger partial charge < -0.3 is 4.57 Å². The molecule has 3 aromatic rings. The molecule has 0 unspecified atom stereocenters. The number of fused-ring (bicyclic) bond motifs is 3. The maximum absolute atomic E-state index is 2.41. The monoisotopic (exact) mass is 245 g/mol. The predicted octanol–water partition coefficient (Wildman–Crippen LogP) is 4.49. The van der Waals surface area contributed by atoms with Crippen molar-refractivity contribution in [1.82, 2.24) is 4.57 Å². The van der Waals surface area contributed by atoms with Gasteiger partial charge in [-0.1, -0.05) is 54.1 Å². The number of rotatable bonds is 1. The lowest BCUT2D eigenvalue weighted by Gasteiger charge is -2.06. The van der Waals surface area contributed by atoms with Crippen LogP contribution in [0, 0.1) is 6.92 Å². The van der Waals surface area contributed by atoms with E-state index in [-0.39, 0.29) is 0 Å². The molecule has 2 aromatic carbocycles. The molecule has 1 aliphatic heterocycles. The predicted molar refractivity (Wildman–Crippen MR) is 79.1 cm³/mol. The molecule has 0 bridgehead atoms. The highest BCUT2D eigenvalue weighted by Gasteiger charge is 2.20. The van der Waals surface area contributed by atoms with E-state index in [4.69, 9.17) is 0 Å². The van der Waals surface area contributed by atoms with Gasteiger partial charge in [0.1, 0.15) is 0 Å². The number of nitrogens with zero attached hydrogens (tertiary/aromatic N) is 1. The lowest BCUT2D eigenvalue weighted by atomic mass is 10.1. The van der Waals surface area contributed by atoms with Crippen molar-refractivity contribution in [2.75, 3.05) is 0 Å². The fourth-order valence-corrected chi connectivity index (χ4v) is 2.93. The second-order valence-electron chi connectivity index (χ2n) is 5.21. The SMILES string of the molecule is Cc1ccc(-c2ccc3n2Cc2ccccc2-3)cc1. The Morgan fingerprint density at radius 2 is 1.53 bits per heavy atom. The van der Waals surface area contributed by atoms with Gasteiger partial charge in [-0.2, -0.15) is 0 Å². The van der Waals surface area contributed by atoms with Crippen LogP contribution in [0.15, 0.2) is 60.7 Å². The molecule has 1 heteroatoms. The number of hydrogen-bond donors (Lipinski definition) is 0. The lowest BCUT2D eigenvalue weighted by Crippen LogP contribution is -1.95. The van der Waals surface area contributed by atoms with E-state index in [1.807, 2.05) is 0 Å². The summed E-state index contributed by atoms with van der Waals surface area (Å²) in [6, 6.07) is 21.9. The summed E-state index contributed by atoms with van der Waals surface area (Å²) >= 11 is 0. The molecule has 0 fully saturated rings. The summed E-state index contributed by atoms with van der Waals surface area (Å²) in [6.45, 7) is 3.11. The lowest BCUT2D eigenvalue weighted by molar-refractivity contribution is 0.861. The number of aryl methyl sites for hydroxylation is 1.